The van der Waals surface area contributed by atoms with E-state index in [0.29, 0.717) is 40.1 Å². The molecule has 8 heteroatoms. The summed E-state index contributed by atoms with van der Waals surface area (Å²) in [5.74, 6) is 1.43. The van der Waals surface area contributed by atoms with E-state index in [4.69, 9.17) is 21.3 Å². The van der Waals surface area contributed by atoms with Gasteiger partial charge in [-0.3, -0.25) is 14.0 Å². The average molecular weight is 455 g/mol. The van der Waals surface area contributed by atoms with Crippen LogP contribution in [0.3, 0.4) is 0 Å². The molecule has 31 heavy (non-hydrogen) atoms. The molecule has 0 bridgehead atoms. The molecule has 0 fully saturated rings. The van der Waals surface area contributed by atoms with Gasteiger partial charge < -0.3 is 4.74 Å². The van der Waals surface area contributed by atoms with E-state index in [9.17, 15) is 4.79 Å². The third kappa shape index (κ3) is 4.48. The van der Waals surface area contributed by atoms with Crippen molar-refractivity contribution in [3.05, 3.63) is 80.7 Å². The Hall–Kier alpha value is -2.77. The van der Waals surface area contributed by atoms with Crippen molar-refractivity contribution in [3.63, 3.8) is 0 Å². The van der Waals surface area contributed by atoms with Crippen molar-refractivity contribution in [2.24, 2.45) is 0 Å². The zero-order valence-electron chi connectivity index (χ0n) is 17.6. The minimum Gasteiger partial charge on any atom is -0.497 e. The van der Waals surface area contributed by atoms with Crippen LogP contribution in [-0.2, 0) is 18.8 Å². The quantitative estimate of drug-likeness (QED) is 0.293. The fourth-order valence-corrected chi connectivity index (χ4v) is 4.52. The van der Waals surface area contributed by atoms with Crippen LogP contribution < -0.4 is 10.3 Å². The van der Waals surface area contributed by atoms with Crippen LogP contribution in [-0.4, -0.2) is 26.4 Å². The highest BCUT2D eigenvalue weighted by Gasteiger charge is 2.18. The molecule has 0 aliphatic carbocycles. The van der Waals surface area contributed by atoms with Crippen LogP contribution in [0.1, 0.15) is 23.7 Å². The van der Waals surface area contributed by atoms with Crippen LogP contribution in [0, 0.1) is 6.92 Å². The lowest BCUT2D eigenvalue weighted by Gasteiger charge is -2.13. The van der Waals surface area contributed by atoms with E-state index in [1.807, 2.05) is 62.4 Å². The molecule has 0 N–H and O–H groups in total. The summed E-state index contributed by atoms with van der Waals surface area (Å²) >= 11 is 7.53. The molecule has 0 aliphatic heterocycles. The molecule has 2 aromatic heterocycles. The number of hydrogen-bond acceptors (Lipinski definition) is 5. The molecule has 0 saturated carbocycles. The average Bonchev–Trinajstić information content (AvgIpc) is 3.11. The van der Waals surface area contributed by atoms with Crippen LogP contribution in [0.25, 0.3) is 11.0 Å². The second kappa shape index (κ2) is 9.16. The van der Waals surface area contributed by atoms with Gasteiger partial charge in [0.1, 0.15) is 11.3 Å². The summed E-state index contributed by atoms with van der Waals surface area (Å²) in [5.41, 5.74) is 3.95. The van der Waals surface area contributed by atoms with Gasteiger partial charge >= 0.3 is 0 Å². The second-order valence-corrected chi connectivity index (χ2v) is 8.53. The Kier molecular flexibility index (Phi) is 6.34. The number of hydrogen-bond donors (Lipinski definition) is 0. The molecule has 2 heterocycles. The summed E-state index contributed by atoms with van der Waals surface area (Å²) in [4.78, 5) is 18.4. The second-order valence-electron chi connectivity index (χ2n) is 7.15. The first-order chi connectivity index (χ1) is 15.0. The number of methoxy groups -OCH3 is 1. The first-order valence-electron chi connectivity index (χ1n) is 9.98. The van der Waals surface area contributed by atoms with E-state index in [-0.39, 0.29) is 5.56 Å². The molecular formula is C23H23ClN4O2S. The Bertz CT molecular complexity index is 1280. The van der Waals surface area contributed by atoms with Crippen molar-refractivity contribution >= 4 is 34.4 Å². The first-order valence-corrected chi connectivity index (χ1v) is 11.3. The maximum atomic E-state index is 13.6. The van der Waals surface area contributed by atoms with Gasteiger partial charge in [-0.25, -0.2) is 4.98 Å². The lowest BCUT2D eigenvalue weighted by atomic mass is 10.2. The number of rotatable bonds is 7. The molecule has 160 valence electrons. The SMILES string of the molecule is CCn1nc(C)c2nc(SCc3ccc(Cl)cc3)n(Cc3cccc(OC)c3)c(=O)c21. The van der Waals surface area contributed by atoms with Crippen molar-refractivity contribution in [2.75, 3.05) is 7.11 Å². The van der Waals surface area contributed by atoms with Crippen LogP contribution in [0.15, 0.2) is 58.5 Å². The van der Waals surface area contributed by atoms with Crippen LogP contribution in [0.4, 0.5) is 0 Å². The molecule has 2 aromatic carbocycles. The van der Waals surface area contributed by atoms with E-state index in [1.165, 1.54) is 11.8 Å². The van der Waals surface area contributed by atoms with Crippen molar-refractivity contribution in [1.82, 2.24) is 19.3 Å². The minimum atomic E-state index is -0.0890. The smallest absolute Gasteiger partial charge is 0.280 e. The summed E-state index contributed by atoms with van der Waals surface area (Å²) in [6, 6.07) is 15.4. The third-order valence-electron chi connectivity index (χ3n) is 5.04. The topological polar surface area (TPSA) is 61.9 Å². The highest BCUT2D eigenvalue weighted by Crippen LogP contribution is 2.25. The number of aryl methyl sites for hydroxylation is 2. The monoisotopic (exact) mass is 454 g/mol. The Labute approximate surface area is 189 Å². The maximum Gasteiger partial charge on any atom is 0.280 e. The first kappa shape index (κ1) is 21.5. The van der Waals surface area contributed by atoms with E-state index in [2.05, 4.69) is 5.10 Å². The fourth-order valence-electron chi connectivity index (χ4n) is 3.45. The number of benzene rings is 2. The molecule has 0 amide bonds. The Balaban J connectivity index is 1.79. The van der Waals surface area contributed by atoms with Gasteiger partial charge in [-0.2, -0.15) is 5.10 Å². The highest BCUT2D eigenvalue weighted by molar-refractivity contribution is 7.98. The predicted molar refractivity (Wildman–Crippen MR) is 125 cm³/mol. The molecule has 4 aromatic rings. The molecule has 0 atom stereocenters. The van der Waals surface area contributed by atoms with Crippen LogP contribution in [0.5, 0.6) is 5.75 Å². The van der Waals surface area contributed by atoms with Gasteiger partial charge in [0.25, 0.3) is 5.56 Å². The molecule has 0 aliphatic rings. The summed E-state index contributed by atoms with van der Waals surface area (Å²) in [6.07, 6.45) is 0. The molecule has 0 spiro atoms. The van der Waals surface area contributed by atoms with Crippen LogP contribution >= 0.6 is 23.4 Å². The number of thioether (sulfide) groups is 1. The number of halogens is 1. The normalized spacial score (nSPS) is 11.2. The molecule has 6 nitrogen and oxygen atoms in total. The number of ether oxygens (including phenoxy) is 1. The molecular weight excluding hydrogens is 432 g/mol. The Morgan fingerprint density at radius 3 is 2.61 bits per heavy atom. The summed E-state index contributed by atoms with van der Waals surface area (Å²) < 4.78 is 8.80. The summed E-state index contributed by atoms with van der Waals surface area (Å²) in [7, 11) is 1.63. The number of aromatic nitrogens is 4. The predicted octanol–water partition coefficient (Wildman–Crippen LogP) is 4.92. The Morgan fingerprint density at radius 2 is 1.90 bits per heavy atom. The lowest BCUT2D eigenvalue weighted by molar-refractivity contribution is 0.414. The van der Waals surface area contributed by atoms with Gasteiger partial charge in [-0.15, -0.1) is 0 Å². The highest BCUT2D eigenvalue weighted by atomic mass is 35.5. The van der Waals surface area contributed by atoms with Gasteiger partial charge in [-0.05, 0) is 49.2 Å². The van der Waals surface area contributed by atoms with E-state index >= 15 is 0 Å². The van der Waals surface area contributed by atoms with Crippen LogP contribution in [0.2, 0.25) is 5.02 Å². The minimum absolute atomic E-state index is 0.0890. The van der Waals surface area contributed by atoms with Gasteiger partial charge in [-0.1, -0.05) is 47.6 Å². The van der Waals surface area contributed by atoms with E-state index in [1.54, 1.807) is 16.4 Å². The van der Waals surface area contributed by atoms with E-state index < -0.39 is 0 Å². The van der Waals surface area contributed by atoms with Gasteiger partial charge in [0, 0.05) is 17.3 Å². The molecule has 0 radical (unpaired) electrons. The van der Waals surface area contributed by atoms with Crippen molar-refractivity contribution < 1.29 is 4.74 Å². The van der Waals surface area contributed by atoms with Gasteiger partial charge in [0.2, 0.25) is 0 Å². The molecule has 4 rings (SSSR count). The molecule has 0 saturated heterocycles. The standard InChI is InChI=1S/C23H23ClN4O2S/c1-4-28-21-20(15(2)26-28)25-23(31-14-16-8-10-18(24)11-9-16)27(22(21)29)13-17-6-5-7-19(12-17)30-3/h5-12H,4,13-14H2,1-3H3. The lowest BCUT2D eigenvalue weighted by Crippen LogP contribution is -2.25. The zero-order valence-corrected chi connectivity index (χ0v) is 19.2. The van der Waals surface area contributed by atoms with E-state index in [0.717, 1.165) is 22.6 Å². The van der Waals surface area contributed by atoms with Crippen molar-refractivity contribution in [3.8, 4) is 5.75 Å². The number of fused-ring (bicyclic) bond motifs is 1. The van der Waals surface area contributed by atoms with Crippen molar-refractivity contribution in [1.29, 1.82) is 0 Å². The summed E-state index contributed by atoms with van der Waals surface area (Å²) in [6.45, 7) is 4.87. The zero-order chi connectivity index (χ0) is 22.0. The largest absolute Gasteiger partial charge is 0.497 e. The fraction of sp³-hybridized carbons (Fsp3) is 0.261. The third-order valence-corrected chi connectivity index (χ3v) is 6.34. The number of nitrogens with zero attached hydrogens (tertiary/aromatic N) is 4. The molecule has 0 unspecified atom stereocenters. The van der Waals surface area contributed by atoms with Gasteiger partial charge in [0.05, 0.1) is 19.3 Å². The van der Waals surface area contributed by atoms with Gasteiger partial charge in [0.15, 0.2) is 10.7 Å². The summed E-state index contributed by atoms with van der Waals surface area (Å²) in [5, 5.41) is 5.87. The van der Waals surface area contributed by atoms with Crippen molar-refractivity contribution in [2.45, 2.75) is 37.8 Å². The Morgan fingerprint density at radius 1 is 1.13 bits per heavy atom. The maximum absolute atomic E-state index is 13.6.